The lowest BCUT2D eigenvalue weighted by atomic mass is 10.1. The molecule has 0 unspecified atom stereocenters. The Morgan fingerprint density at radius 1 is 1.25 bits per heavy atom. The third-order valence-corrected chi connectivity index (χ3v) is 3.58. The molecule has 1 aliphatic heterocycles. The summed E-state index contributed by atoms with van der Waals surface area (Å²) in [5, 5.41) is 3.16. The fourth-order valence-electron chi connectivity index (χ4n) is 2.08. The molecular weight excluding hydrogens is 200 g/mol. The maximum Gasteiger partial charge on any atom is 0.223 e. The van der Waals surface area contributed by atoms with Gasteiger partial charge in [-0.3, -0.25) is 4.79 Å². The van der Waals surface area contributed by atoms with Crippen molar-refractivity contribution in [2.75, 3.05) is 19.6 Å². The zero-order chi connectivity index (χ0) is 12.0. The van der Waals surface area contributed by atoms with Crippen molar-refractivity contribution in [2.45, 2.75) is 52.5 Å². The number of hydrogen-bond donors (Lipinski definition) is 1. The van der Waals surface area contributed by atoms with Crippen LogP contribution in [0.3, 0.4) is 0 Å². The third-order valence-electron chi connectivity index (χ3n) is 3.58. The van der Waals surface area contributed by atoms with E-state index < -0.39 is 0 Å². The molecule has 0 spiro atoms. The second-order valence-corrected chi connectivity index (χ2v) is 4.93. The Hall–Kier alpha value is -0.570. The highest BCUT2D eigenvalue weighted by atomic mass is 16.1. The molecular formula is C13H26N2O. The smallest absolute Gasteiger partial charge is 0.223 e. The fourth-order valence-corrected chi connectivity index (χ4v) is 2.08. The summed E-state index contributed by atoms with van der Waals surface area (Å²) in [5.74, 6) is 0.362. The van der Waals surface area contributed by atoms with Crippen LogP contribution in [0.15, 0.2) is 0 Å². The van der Waals surface area contributed by atoms with E-state index in [1.165, 1.54) is 25.9 Å². The number of nitrogens with zero attached hydrogens (tertiary/aromatic N) is 1. The van der Waals surface area contributed by atoms with Gasteiger partial charge >= 0.3 is 0 Å². The summed E-state index contributed by atoms with van der Waals surface area (Å²) in [6, 6.07) is 0.333. The average Bonchev–Trinajstić information content (AvgIpc) is 2.79. The summed E-state index contributed by atoms with van der Waals surface area (Å²) in [6.45, 7) is 9.64. The number of rotatable bonds is 6. The number of hydrogen-bond acceptors (Lipinski definition) is 2. The van der Waals surface area contributed by atoms with Gasteiger partial charge in [0, 0.05) is 18.5 Å². The second-order valence-electron chi connectivity index (χ2n) is 4.93. The Morgan fingerprint density at radius 2 is 1.88 bits per heavy atom. The first-order valence-corrected chi connectivity index (χ1v) is 6.70. The number of nitrogens with one attached hydrogen (secondary N) is 1. The summed E-state index contributed by atoms with van der Waals surface area (Å²) in [5.41, 5.74) is 0. The van der Waals surface area contributed by atoms with Crippen molar-refractivity contribution in [1.29, 1.82) is 0 Å². The molecule has 1 fully saturated rings. The lowest BCUT2D eigenvalue weighted by Gasteiger charge is -2.24. The average molecular weight is 226 g/mol. The Morgan fingerprint density at radius 3 is 2.38 bits per heavy atom. The molecule has 3 heteroatoms. The molecule has 1 amide bonds. The van der Waals surface area contributed by atoms with E-state index in [2.05, 4.69) is 24.1 Å². The predicted octanol–water partition coefficient (Wildman–Crippen LogP) is 2.02. The van der Waals surface area contributed by atoms with Gasteiger partial charge in [-0.25, -0.2) is 0 Å². The lowest BCUT2D eigenvalue weighted by molar-refractivity contribution is -0.125. The zero-order valence-corrected chi connectivity index (χ0v) is 11.0. The van der Waals surface area contributed by atoms with Crippen LogP contribution in [0.1, 0.15) is 46.5 Å². The van der Waals surface area contributed by atoms with Gasteiger partial charge in [0.15, 0.2) is 0 Å². The van der Waals surface area contributed by atoms with E-state index in [-0.39, 0.29) is 11.8 Å². The third kappa shape index (κ3) is 4.12. The highest BCUT2D eigenvalue weighted by Gasteiger charge is 2.19. The van der Waals surface area contributed by atoms with Crippen LogP contribution in [0.4, 0.5) is 0 Å². The first-order chi connectivity index (χ1) is 7.67. The van der Waals surface area contributed by atoms with Crippen molar-refractivity contribution in [3.05, 3.63) is 0 Å². The molecule has 1 aliphatic rings. The van der Waals surface area contributed by atoms with Crippen molar-refractivity contribution in [2.24, 2.45) is 5.92 Å². The summed E-state index contributed by atoms with van der Waals surface area (Å²) in [7, 11) is 0. The van der Waals surface area contributed by atoms with Gasteiger partial charge in [-0.15, -0.1) is 0 Å². The Kier molecular flexibility index (Phi) is 5.81. The van der Waals surface area contributed by atoms with Crippen LogP contribution >= 0.6 is 0 Å². The number of amides is 1. The predicted molar refractivity (Wildman–Crippen MR) is 67.4 cm³/mol. The van der Waals surface area contributed by atoms with Crippen LogP contribution in [0.25, 0.3) is 0 Å². The van der Waals surface area contributed by atoms with Gasteiger partial charge in [-0.2, -0.15) is 0 Å². The molecule has 1 saturated heterocycles. The molecule has 0 saturated carbocycles. The SMILES string of the molecule is CC[C@H](CN1CCCC1)NC(=O)[C@@H](C)CC. The topological polar surface area (TPSA) is 32.3 Å². The molecule has 0 aliphatic carbocycles. The maximum absolute atomic E-state index is 11.8. The Bertz CT molecular complexity index is 212. The van der Waals surface area contributed by atoms with Gasteiger partial charge in [0.05, 0.1) is 0 Å². The highest BCUT2D eigenvalue weighted by Crippen LogP contribution is 2.09. The molecule has 0 aromatic rings. The maximum atomic E-state index is 11.8. The number of carbonyl (C=O) groups excluding carboxylic acids is 1. The van der Waals surface area contributed by atoms with Crippen molar-refractivity contribution in [1.82, 2.24) is 10.2 Å². The normalized spacial score (nSPS) is 20.7. The highest BCUT2D eigenvalue weighted by molar-refractivity contribution is 5.78. The first kappa shape index (κ1) is 13.5. The molecule has 0 aromatic heterocycles. The van der Waals surface area contributed by atoms with Crippen LogP contribution in [-0.4, -0.2) is 36.5 Å². The van der Waals surface area contributed by atoms with Gasteiger partial charge in [0.25, 0.3) is 0 Å². The molecule has 1 rings (SSSR count). The monoisotopic (exact) mass is 226 g/mol. The van der Waals surface area contributed by atoms with Gasteiger partial charge in [0.1, 0.15) is 0 Å². The van der Waals surface area contributed by atoms with E-state index in [9.17, 15) is 4.79 Å². The minimum Gasteiger partial charge on any atom is -0.352 e. The minimum absolute atomic E-state index is 0.146. The molecule has 0 radical (unpaired) electrons. The van der Waals surface area contributed by atoms with Gasteiger partial charge < -0.3 is 10.2 Å². The molecule has 2 atom stereocenters. The summed E-state index contributed by atoms with van der Waals surface area (Å²) in [4.78, 5) is 14.3. The molecule has 16 heavy (non-hydrogen) atoms. The van der Waals surface area contributed by atoms with Crippen molar-refractivity contribution in [3.8, 4) is 0 Å². The van der Waals surface area contributed by atoms with Crippen molar-refractivity contribution < 1.29 is 4.79 Å². The number of likely N-dealkylation sites (tertiary alicyclic amines) is 1. The summed E-state index contributed by atoms with van der Waals surface area (Å²) >= 11 is 0. The standard InChI is InChI=1S/C13H26N2O/c1-4-11(3)13(16)14-12(5-2)10-15-8-6-7-9-15/h11-12H,4-10H2,1-3H3,(H,14,16)/t11-,12+/m0/s1. The second kappa shape index (κ2) is 6.89. The molecule has 94 valence electrons. The summed E-state index contributed by atoms with van der Waals surface area (Å²) in [6.07, 6.45) is 4.58. The van der Waals surface area contributed by atoms with E-state index >= 15 is 0 Å². The van der Waals surface area contributed by atoms with E-state index in [0.717, 1.165) is 19.4 Å². The van der Waals surface area contributed by atoms with Crippen LogP contribution < -0.4 is 5.32 Å². The first-order valence-electron chi connectivity index (χ1n) is 6.70. The minimum atomic E-state index is 0.146. The van der Waals surface area contributed by atoms with Crippen molar-refractivity contribution >= 4 is 5.91 Å². The van der Waals surface area contributed by atoms with Crippen LogP contribution in [0.5, 0.6) is 0 Å². The quantitative estimate of drug-likeness (QED) is 0.751. The van der Waals surface area contributed by atoms with Crippen LogP contribution in [0.2, 0.25) is 0 Å². The van der Waals surface area contributed by atoms with Gasteiger partial charge in [-0.1, -0.05) is 20.8 Å². The van der Waals surface area contributed by atoms with Gasteiger partial charge in [0.2, 0.25) is 5.91 Å². The Balaban J connectivity index is 2.32. The van der Waals surface area contributed by atoms with Crippen LogP contribution in [-0.2, 0) is 4.79 Å². The lowest BCUT2D eigenvalue weighted by Crippen LogP contribution is -2.44. The van der Waals surface area contributed by atoms with Crippen molar-refractivity contribution in [3.63, 3.8) is 0 Å². The summed E-state index contributed by atoms with van der Waals surface area (Å²) < 4.78 is 0. The number of carbonyl (C=O) groups is 1. The zero-order valence-electron chi connectivity index (χ0n) is 11.0. The van der Waals surface area contributed by atoms with Gasteiger partial charge in [-0.05, 0) is 38.8 Å². The molecule has 0 aromatic carbocycles. The largest absolute Gasteiger partial charge is 0.352 e. The fraction of sp³-hybridized carbons (Fsp3) is 0.923. The molecule has 3 nitrogen and oxygen atoms in total. The molecule has 1 N–H and O–H groups in total. The van der Waals surface area contributed by atoms with Crippen LogP contribution in [0, 0.1) is 5.92 Å². The van der Waals surface area contributed by atoms with E-state index in [0.29, 0.717) is 6.04 Å². The van der Waals surface area contributed by atoms with E-state index in [1.54, 1.807) is 0 Å². The molecule has 0 bridgehead atoms. The van der Waals surface area contributed by atoms with E-state index in [1.807, 2.05) is 6.92 Å². The molecule has 1 heterocycles. The van der Waals surface area contributed by atoms with E-state index in [4.69, 9.17) is 0 Å². The Labute approximate surface area is 99.6 Å².